The summed E-state index contributed by atoms with van der Waals surface area (Å²) >= 11 is 2.07. The fourth-order valence-corrected chi connectivity index (χ4v) is 5.63. The van der Waals surface area contributed by atoms with Crippen molar-refractivity contribution >= 4 is 48.0 Å². The molecular formula is C18H24B2O6S2. The second kappa shape index (κ2) is 6.02. The number of thioether (sulfide) groups is 2. The van der Waals surface area contributed by atoms with Crippen molar-refractivity contribution in [2.24, 2.45) is 0 Å². The van der Waals surface area contributed by atoms with Crippen molar-refractivity contribution < 1.29 is 28.2 Å². The number of rotatable bonds is 2. The van der Waals surface area contributed by atoms with Gasteiger partial charge in [0.15, 0.2) is 0 Å². The molecule has 0 N–H and O–H groups in total. The monoisotopic (exact) mass is 422 g/mol. The van der Waals surface area contributed by atoms with E-state index in [4.69, 9.17) is 18.6 Å². The molecule has 0 radical (unpaired) electrons. The highest BCUT2D eigenvalue weighted by molar-refractivity contribution is 8.24. The standard InChI is InChI=1S/C18H24B2O6S2/c1-15(2)16(3,4)24-19(23-15)9-11-12(28-13(9)21)10(14(22)27-11)20-25-17(5,6)18(7,8)26-20/h1-8H3. The molecule has 0 aromatic rings. The van der Waals surface area contributed by atoms with Crippen LogP contribution in [0.1, 0.15) is 55.4 Å². The van der Waals surface area contributed by atoms with Crippen LogP contribution >= 0.6 is 23.5 Å². The van der Waals surface area contributed by atoms with Gasteiger partial charge in [-0.2, -0.15) is 0 Å². The van der Waals surface area contributed by atoms with Gasteiger partial charge in [-0.3, -0.25) is 9.59 Å². The van der Waals surface area contributed by atoms with Gasteiger partial charge in [0.25, 0.3) is 0 Å². The molecule has 0 aromatic carbocycles. The van der Waals surface area contributed by atoms with Crippen LogP contribution in [0.5, 0.6) is 0 Å². The highest BCUT2D eigenvalue weighted by atomic mass is 32.2. The quantitative estimate of drug-likeness (QED) is 0.628. The maximum atomic E-state index is 12.8. The summed E-state index contributed by atoms with van der Waals surface area (Å²) in [4.78, 5) is 26.9. The third-order valence-corrected chi connectivity index (χ3v) is 8.70. The zero-order chi connectivity index (χ0) is 20.9. The molecule has 0 aromatic heterocycles. The summed E-state index contributed by atoms with van der Waals surface area (Å²) in [6, 6.07) is 0. The van der Waals surface area contributed by atoms with Crippen LogP contribution in [0.25, 0.3) is 0 Å². The first-order valence-corrected chi connectivity index (χ1v) is 10.9. The fraction of sp³-hybridized carbons (Fsp3) is 0.667. The van der Waals surface area contributed by atoms with Gasteiger partial charge in [-0.15, -0.1) is 0 Å². The molecule has 0 unspecified atom stereocenters. The second-order valence-corrected chi connectivity index (χ2v) is 11.4. The van der Waals surface area contributed by atoms with Crippen LogP contribution < -0.4 is 0 Å². The Morgan fingerprint density at radius 2 is 0.821 bits per heavy atom. The van der Waals surface area contributed by atoms with E-state index < -0.39 is 36.6 Å². The molecule has 4 aliphatic rings. The number of carbonyl (C=O) groups is 2. The molecule has 4 aliphatic heterocycles. The lowest BCUT2D eigenvalue weighted by Gasteiger charge is -2.32. The SMILES string of the molecule is CC1(C)OB(C2=C3SC(=O)C(B4OC(C)(C)C(C)(C)O4)=C3SC2=O)OC1(C)C. The van der Waals surface area contributed by atoms with Gasteiger partial charge in [-0.05, 0) is 78.9 Å². The van der Waals surface area contributed by atoms with Gasteiger partial charge >= 0.3 is 14.2 Å². The van der Waals surface area contributed by atoms with Gasteiger partial charge < -0.3 is 18.6 Å². The minimum atomic E-state index is -0.796. The average Bonchev–Trinajstić information content (AvgIpc) is 3.09. The molecule has 0 aliphatic carbocycles. The summed E-state index contributed by atoms with van der Waals surface area (Å²) in [7, 11) is -1.59. The Kier molecular flexibility index (Phi) is 4.46. The molecule has 4 rings (SSSR count). The van der Waals surface area contributed by atoms with E-state index in [1.807, 2.05) is 55.4 Å². The van der Waals surface area contributed by atoms with Crippen LogP contribution in [0, 0.1) is 0 Å². The number of hydrogen-bond donors (Lipinski definition) is 0. The maximum absolute atomic E-state index is 12.8. The van der Waals surface area contributed by atoms with Gasteiger partial charge in [0.05, 0.1) is 33.3 Å². The third kappa shape index (κ3) is 2.83. The summed E-state index contributed by atoms with van der Waals surface area (Å²) in [5.74, 6) is 0. The largest absolute Gasteiger partial charge is 0.500 e. The van der Waals surface area contributed by atoms with E-state index in [0.717, 1.165) is 23.5 Å². The van der Waals surface area contributed by atoms with E-state index in [1.54, 1.807) is 0 Å². The molecule has 10 heteroatoms. The topological polar surface area (TPSA) is 71.1 Å². The Balaban J connectivity index is 1.73. The minimum absolute atomic E-state index is 0.155. The minimum Gasteiger partial charge on any atom is -0.399 e. The zero-order valence-electron chi connectivity index (χ0n) is 17.4. The molecule has 4 heterocycles. The lowest BCUT2D eigenvalue weighted by Crippen LogP contribution is -2.41. The van der Waals surface area contributed by atoms with Crippen LogP contribution in [0.2, 0.25) is 0 Å². The average molecular weight is 422 g/mol. The van der Waals surface area contributed by atoms with Crippen molar-refractivity contribution in [2.75, 3.05) is 0 Å². The zero-order valence-corrected chi connectivity index (χ0v) is 19.1. The van der Waals surface area contributed by atoms with E-state index in [-0.39, 0.29) is 10.2 Å². The molecule has 2 fully saturated rings. The number of fused-ring (bicyclic) bond motifs is 1. The first-order chi connectivity index (χ1) is 12.7. The fourth-order valence-electron chi connectivity index (χ4n) is 3.26. The van der Waals surface area contributed by atoms with Crippen molar-refractivity contribution in [1.82, 2.24) is 0 Å². The molecule has 0 atom stereocenters. The molecule has 28 heavy (non-hydrogen) atoms. The summed E-state index contributed by atoms with van der Waals surface area (Å²) < 4.78 is 24.3. The van der Waals surface area contributed by atoms with E-state index in [0.29, 0.717) is 20.8 Å². The number of hydrogen-bond acceptors (Lipinski definition) is 8. The van der Waals surface area contributed by atoms with Crippen molar-refractivity contribution in [3.8, 4) is 0 Å². The van der Waals surface area contributed by atoms with Gasteiger partial charge in [0, 0.05) is 9.81 Å². The normalized spacial score (nSPS) is 30.1. The Labute approximate surface area is 174 Å². The maximum Gasteiger partial charge on any atom is 0.500 e. The highest BCUT2D eigenvalue weighted by Crippen LogP contribution is 2.55. The Bertz CT molecular complexity index is 756. The molecule has 0 amide bonds. The molecule has 0 saturated carbocycles. The van der Waals surface area contributed by atoms with E-state index >= 15 is 0 Å². The summed E-state index contributed by atoms with van der Waals surface area (Å²) in [6.45, 7) is 15.5. The van der Waals surface area contributed by atoms with Gasteiger partial charge in [-0.1, -0.05) is 0 Å². The van der Waals surface area contributed by atoms with Crippen molar-refractivity contribution in [2.45, 2.75) is 77.8 Å². The third-order valence-electron chi connectivity index (χ3n) is 6.50. The predicted molar refractivity (Wildman–Crippen MR) is 111 cm³/mol. The van der Waals surface area contributed by atoms with Gasteiger partial charge in [0.2, 0.25) is 10.2 Å². The Hall–Kier alpha value is -0.510. The summed E-state index contributed by atoms with van der Waals surface area (Å²) in [5.41, 5.74) is -1.45. The predicted octanol–water partition coefficient (Wildman–Crippen LogP) is 3.30. The first-order valence-electron chi connectivity index (χ1n) is 9.31. The van der Waals surface area contributed by atoms with Crippen molar-refractivity contribution in [3.63, 3.8) is 0 Å². The molecule has 0 spiro atoms. The Morgan fingerprint density at radius 3 is 1.07 bits per heavy atom. The lowest BCUT2D eigenvalue weighted by atomic mass is 9.75. The molecule has 150 valence electrons. The van der Waals surface area contributed by atoms with Crippen molar-refractivity contribution in [3.05, 3.63) is 20.8 Å². The van der Waals surface area contributed by atoms with E-state index in [2.05, 4.69) is 0 Å². The van der Waals surface area contributed by atoms with Gasteiger partial charge in [-0.25, -0.2) is 0 Å². The molecule has 0 bridgehead atoms. The van der Waals surface area contributed by atoms with Gasteiger partial charge in [0.1, 0.15) is 0 Å². The molecule has 6 nitrogen and oxygen atoms in total. The van der Waals surface area contributed by atoms with E-state index in [9.17, 15) is 9.59 Å². The smallest absolute Gasteiger partial charge is 0.399 e. The highest BCUT2D eigenvalue weighted by Gasteiger charge is 2.60. The molecule has 2 saturated heterocycles. The van der Waals surface area contributed by atoms with Crippen LogP contribution in [0.15, 0.2) is 20.8 Å². The summed E-state index contributed by atoms with van der Waals surface area (Å²) in [5, 5.41) is -0.310. The van der Waals surface area contributed by atoms with Crippen LogP contribution in [0.3, 0.4) is 0 Å². The molecular weight excluding hydrogens is 398 g/mol. The second-order valence-electron chi connectivity index (χ2n) is 9.44. The first kappa shape index (κ1) is 20.8. The summed E-state index contributed by atoms with van der Waals surface area (Å²) in [6.07, 6.45) is 0. The van der Waals surface area contributed by atoms with Crippen LogP contribution in [0.4, 0.5) is 0 Å². The van der Waals surface area contributed by atoms with Crippen LogP contribution in [-0.2, 0) is 28.2 Å². The van der Waals surface area contributed by atoms with Crippen molar-refractivity contribution in [1.29, 1.82) is 0 Å². The van der Waals surface area contributed by atoms with Crippen LogP contribution in [-0.4, -0.2) is 46.9 Å². The lowest BCUT2D eigenvalue weighted by molar-refractivity contribution is -0.107. The van der Waals surface area contributed by atoms with E-state index in [1.165, 1.54) is 0 Å². The number of carbonyl (C=O) groups excluding carboxylic acids is 2. The Morgan fingerprint density at radius 1 is 0.571 bits per heavy atom.